The van der Waals surface area contributed by atoms with Crippen molar-refractivity contribution in [2.45, 2.75) is 3.74 Å². The Hall–Kier alpha value is -0.360. The first-order valence-corrected chi connectivity index (χ1v) is 4.54. The van der Waals surface area contributed by atoms with E-state index in [4.69, 9.17) is 0 Å². The predicted octanol–water partition coefficient (Wildman–Crippen LogP) is 0.852. The third-order valence-corrected chi connectivity index (χ3v) is 2.07. The second-order valence-corrected chi connectivity index (χ2v) is 4.89. The number of aromatic nitrogens is 2. The molecular formula is C5H4Br2N2O2. The van der Waals surface area contributed by atoms with Gasteiger partial charge in [-0.3, -0.25) is 9.78 Å². The van der Waals surface area contributed by atoms with Crippen LogP contribution in [-0.4, -0.2) is 9.97 Å². The van der Waals surface area contributed by atoms with E-state index in [-0.39, 0.29) is 3.74 Å². The minimum Gasteiger partial charge on any atom is -0.314 e. The standard InChI is InChI=1S/C5H4Br2N2O2/c6-3(7)2-1-8-5(11)9-4(2)10/h1,3H,(H2,8,9,10,11). The summed E-state index contributed by atoms with van der Waals surface area (Å²) in [4.78, 5) is 25.9. The Kier molecular flexibility index (Phi) is 2.67. The highest BCUT2D eigenvalue weighted by Crippen LogP contribution is 2.24. The minimum absolute atomic E-state index is 0.240. The van der Waals surface area contributed by atoms with E-state index in [9.17, 15) is 9.59 Å². The van der Waals surface area contributed by atoms with Gasteiger partial charge in [0.25, 0.3) is 5.56 Å². The first-order chi connectivity index (χ1) is 5.11. The predicted molar refractivity (Wildman–Crippen MR) is 48.3 cm³/mol. The van der Waals surface area contributed by atoms with Crippen LogP contribution in [0.3, 0.4) is 0 Å². The van der Waals surface area contributed by atoms with E-state index in [1.807, 2.05) is 0 Å². The van der Waals surface area contributed by atoms with Crippen molar-refractivity contribution in [3.8, 4) is 0 Å². The molecule has 0 saturated carbocycles. The molecule has 2 N–H and O–H groups in total. The second-order valence-electron chi connectivity index (χ2n) is 1.83. The molecule has 0 unspecified atom stereocenters. The maximum Gasteiger partial charge on any atom is 0.325 e. The molecule has 0 spiro atoms. The average Bonchev–Trinajstić information content (AvgIpc) is 1.85. The Bertz CT molecular complexity index is 354. The van der Waals surface area contributed by atoms with Crippen LogP contribution in [0.25, 0.3) is 0 Å². The summed E-state index contributed by atoms with van der Waals surface area (Å²) in [6.45, 7) is 0. The molecule has 0 saturated heterocycles. The van der Waals surface area contributed by atoms with Crippen molar-refractivity contribution in [1.82, 2.24) is 9.97 Å². The fourth-order valence-corrected chi connectivity index (χ4v) is 1.26. The molecule has 1 aromatic heterocycles. The van der Waals surface area contributed by atoms with Crippen LogP contribution in [0.2, 0.25) is 0 Å². The maximum absolute atomic E-state index is 10.9. The van der Waals surface area contributed by atoms with Crippen molar-refractivity contribution in [3.63, 3.8) is 0 Å². The molecule has 11 heavy (non-hydrogen) atoms. The number of H-pyrrole nitrogens is 2. The number of hydrogen-bond acceptors (Lipinski definition) is 2. The van der Waals surface area contributed by atoms with Crippen molar-refractivity contribution in [3.05, 3.63) is 32.6 Å². The lowest BCUT2D eigenvalue weighted by Gasteiger charge is -1.96. The summed E-state index contributed by atoms with van der Waals surface area (Å²) in [5, 5.41) is 0. The first-order valence-electron chi connectivity index (χ1n) is 2.71. The van der Waals surface area contributed by atoms with Gasteiger partial charge in [-0.1, -0.05) is 31.9 Å². The summed E-state index contributed by atoms with van der Waals surface area (Å²) in [6.07, 6.45) is 1.36. The molecule has 0 radical (unpaired) electrons. The van der Waals surface area contributed by atoms with Gasteiger partial charge in [0, 0.05) is 6.20 Å². The van der Waals surface area contributed by atoms with E-state index in [2.05, 4.69) is 41.8 Å². The van der Waals surface area contributed by atoms with Gasteiger partial charge in [-0.15, -0.1) is 0 Å². The third-order valence-electron chi connectivity index (χ3n) is 1.08. The molecule has 1 heterocycles. The molecule has 0 aromatic carbocycles. The minimum atomic E-state index is -0.501. The number of alkyl halides is 2. The van der Waals surface area contributed by atoms with Gasteiger partial charge in [0.2, 0.25) is 0 Å². The van der Waals surface area contributed by atoms with E-state index < -0.39 is 11.2 Å². The zero-order chi connectivity index (χ0) is 8.43. The molecule has 0 aliphatic rings. The molecule has 0 bridgehead atoms. The number of aromatic amines is 2. The van der Waals surface area contributed by atoms with Crippen LogP contribution in [0.4, 0.5) is 0 Å². The molecule has 1 aromatic rings. The lowest BCUT2D eigenvalue weighted by molar-refractivity contribution is 1.00. The Morgan fingerprint density at radius 2 is 2.00 bits per heavy atom. The van der Waals surface area contributed by atoms with Crippen LogP contribution in [0, 0.1) is 0 Å². The average molecular weight is 284 g/mol. The molecule has 6 heteroatoms. The fourth-order valence-electron chi connectivity index (χ4n) is 0.582. The number of hydrogen-bond donors (Lipinski definition) is 2. The zero-order valence-electron chi connectivity index (χ0n) is 5.23. The smallest absolute Gasteiger partial charge is 0.314 e. The van der Waals surface area contributed by atoms with Crippen LogP contribution in [0.1, 0.15) is 9.30 Å². The summed E-state index contributed by atoms with van der Waals surface area (Å²) >= 11 is 6.26. The first kappa shape index (κ1) is 8.73. The van der Waals surface area contributed by atoms with Gasteiger partial charge in [0.1, 0.15) is 3.74 Å². The Labute approximate surface area is 78.3 Å². The summed E-state index contributed by atoms with van der Waals surface area (Å²) in [5.74, 6) is 0. The van der Waals surface area contributed by atoms with E-state index in [0.29, 0.717) is 5.56 Å². The highest BCUT2D eigenvalue weighted by Gasteiger charge is 2.06. The van der Waals surface area contributed by atoms with Crippen molar-refractivity contribution in [1.29, 1.82) is 0 Å². The number of halogens is 2. The fraction of sp³-hybridized carbons (Fsp3) is 0.200. The highest BCUT2D eigenvalue weighted by molar-refractivity contribution is 9.24. The molecule has 0 amide bonds. The summed E-state index contributed by atoms with van der Waals surface area (Å²) in [7, 11) is 0. The van der Waals surface area contributed by atoms with Crippen LogP contribution < -0.4 is 11.2 Å². The molecular weight excluding hydrogens is 280 g/mol. The highest BCUT2D eigenvalue weighted by atomic mass is 79.9. The normalized spacial score (nSPS) is 10.5. The molecule has 0 aliphatic heterocycles. The van der Waals surface area contributed by atoms with Gasteiger partial charge in [0.05, 0.1) is 5.56 Å². The summed E-state index contributed by atoms with van der Waals surface area (Å²) in [6, 6.07) is 0. The van der Waals surface area contributed by atoms with Crippen molar-refractivity contribution >= 4 is 31.9 Å². The molecule has 4 nitrogen and oxygen atoms in total. The lowest BCUT2D eigenvalue weighted by Crippen LogP contribution is -2.24. The third kappa shape index (κ3) is 2.03. The number of nitrogens with one attached hydrogen (secondary N) is 2. The SMILES string of the molecule is O=c1[nH]cc(C(Br)Br)c(=O)[nH]1. The van der Waals surface area contributed by atoms with E-state index in [1.165, 1.54) is 6.20 Å². The maximum atomic E-state index is 10.9. The second kappa shape index (κ2) is 3.36. The van der Waals surface area contributed by atoms with Crippen molar-refractivity contribution in [2.75, 3.05) is 0 Å². The zero-order valence-corrected chi connectivity index (χ0v) is 8.40. The van der Waals surface area contributed by atoms with Gasteiger partial charge >= 0.3 is 5.69 Å². The molecule has 0 aliphatic carbocycles. The van der Waals surface area contributed by atoms with E-state index >= 15 is 0 Å². The topological polar surface area (TPSA) is 65.7 Å². The summed E-state index contributed by atoms with van der Waals surface area (Å²) in [5.41, 5.74) is -0.462. The van der Waals surface area contributed by atoms with Gasteiger partial charge in [0.15, 0.2) is 0 Å². The van der Waals surface area contributed by atoms with E-state index in [0.717, 1.165) is 0 Å². The van der Waals surface area contributed by atoms with Crippen LogP contribution in [0.15, 0.2) is 15.8 Å². The largest absolute Gasteiger partial charge is 0.325 e. The Morgan fingerprint density at radius 3 is 2.45 bits per heavy atom. The Morgan fingerprint density at radius 1 is 1.36 bits per heavy atom. The van der Waals surface area contributed by atoms with Gasteiger partial charge in [-0.05, 0) is 0 Å². The summed E-state index contributed by atoms with van der Waals surface area (Å²) < 4.78 is -0.240. The Balaban J connectivity index is 3.32. The lowest BCUT2D eigenvalue weighted by atomic mass is 10.4. The molecule has 1 rings (SSSR count). The van der Waals surface area contributed by atoms with Crippen LogP contribution in [-0.2, 0) is 0 Å². The van der Waals surface area contributed by atoms with Crippen molar-refractivity contribution < 1.29 is 0 Å². The number of rotatable bonds is 1. The van der Waals surface area contributed by atoms with Gasteiger partial charge < -0.3 is 4.98 Å². The molecule has 0 fully saturated rings. The molecule has 0 atom stereocenters. The van der Waals surface area contributed by atoms with E-state index in [1.54, 1.807) is 0 Å². The van der Waals surface area contributed by atoms with Crippen LogP contribution >= 0.6 is 31.9 Å². The monoisotopic (exact) mass is 282 g/mol. The van der Waals surface area contributed by atoms with Crippen molar-refractivity contribution in [2.24, 2.45) is 0 Å². The van der Waals surface area contributed by atoms with Gasteiger partial charge in [-0.2, -0.15) is 0 Å². The quantitative estimate of drug-likeness (QED) is 0.751. The van der Waals surface area contributed by atoms with Gasteiger partial charge in [-0.25, -0.2) is 4.79 Å². The van der Waals surface area contributed by atoms with Crippen LogP contribution in [0.5, 0.6) is 0 Å². The molecule has 60 valence electrons.